The molecule has 1 saturated heterocycles. The van der Waals surface area contributed by atoms with Gasteiger partial charge in [0, 0.05) is 13.0 Å². The fraction of sp³-hybridized carbons (Fsp3) is 0.562. The first-order valence-corrected chi connectivity index (χ1v) is 6.68. The number of allylic oxidation sites excluding steroid dienone is 1. The van der Waals surface area contributed by atoms with Gasteiger partial charge in [0.05, 0.1) is 13.2 Å². The van der Waals surface area contributed by atoms with E-state index in [0.29, 0.717) is 6.42 Å². The molecule has 3 heteroatoms. The minimum atomic E-state index is 0.196. The Hall–Kier alpha value is -1.53. The van der Waals surface area contributed by atoms with E-state index in [4.69, 9.17) is 10.00 Å². The topological polar surface area (TPSA) is 36.3 Å². The van der Waals surface area contributed by atoms with Crippen molar-refractivity contribution in [3.05, 3.63) is 36.6 Å². The first-order chi connectivity index (χ1) is 9.03. The summed E-state index contributed by atoms with van der Waals surface area (Å²) in [5.41, 5.74) is 1.22. The van der Waals surface area contributed by atoms with Crippen molar-refractivity contribution >= 4 is 0 Å². The molecular formula is C16H24N2O. The van der Waals surface area contributed by atoms with Gasteiger partial charge in [-0.05, 0) is 49.1 Å². The average Bonchev–Trinajstić information content (AvgIpc) is 2.39. The number of rotatable bonds is 6. The van der Waals surface area contributed by atoms with Crippen LogP contribution >= 0.6 is 0 Å². The van der Waals surface area contributed by atoms with Crippen molar-refractivity contribution in [2.75, 3.05) is 26.7 Å². The predicted molar refractivity (Wildman–Crippen MR) is 78.4 cm³/mol. The van der Waals surface area contributed by atoms with Crippen LogP contribution in [0.2, 0.25) is 0 Å². The standard InChI is InChI=1S/C16H24N2O/c1-5-15(19-4)12-14(2)13-18-10-7-16(3,6-9-17)8-11-18/h5,12H,1-2,6-8,10-11,13H2,3-4H3/b15-12+. The molecule has 0 unspecified atom stereocenters. The van der Waals surface area contributed by atoms with E-state index in [-0.39, 0.29) is 5.41 Å². The normalized spacial score (nSPS) is 19.5. The Bertz CT molecular complexity index is 395. The smallest absolute Gasteiger partial charge is 0.118 e. The summed E-state index contributed by atoms with van der Waals surface area (Å²) in [4.78, 5) is 2.38. The molecular weight excluding hydrogens is 236 g/mol. The number of hydrogen-bond acceptors (Lipinski definition) is 3. The van der Waals surface area contributed by atoms with E-state index in [2.05, 4.69) is 31.1 Å². The van der Waals surface area contributed by atoms with Gasteiger partial charge in [-0.2, -0.15) is 5.26 Å². The van der Waals surface area contributed by atoms with E-state index in [1.165, 1.54) is 0 Å². The van der Waals surface area contributed by atoms with Crippen molar-refractivity contribution in [1.82, 2.24) is 4.90 Å². The molecule has 0 amide bonds. The van der Waals surface area contributed by atoms with Gasteiger partial charge >= 0.3 is 0 Å². The molecule has 0 aromatic carbocycles. The highest BCUT2D eigenvalue weighted by atomic mass is 16.5. The van der Waals surface area contributed by atoms with Crippen molar-refractivity contribution < 1.29 is 4.74 Å². The van der Waals surface area contributed by atoms with Crippen LogP contribution in [0.25, 0.3) is 0 Å². The minimum absolute atomic E-state index is 0.196. The SMILES string of the molecule is C=C/C(=C\C(=C)CN1CCC(C)(CC#N)CC1)OC. The second kappa shape index (κ2) is 7.16. The van der Waals surface area contributed by atoms with E-state index in [0.717, 1.165) is 43.8 Å². The lowest BCUT2D eigenvalue weighted by molar-refractivity contribution is 0.130. The van der Waals surface area contributed by atoms with Crippen LogP contribution in [0.5, 0.6) is 0 Å². The van der Waals surface area contributed by atoms with Crippen molar-refractivity contribution in [3.8, 4) is 6.07 Å². The van der Waals surface area contributed by atoms with Crippen LogP contribution < -0.4 is 0 Å². The van der Waals surface area contributed by atoms with E-state index < -0.39 is 0 Å². The Morgan fingerprint density at radius 1 is 1.47 bits per heavy atom. The third-order valence-corrected chi connectivity index (χ3v) is 3.78. The van der Waals surface area contributed by atoms with Crippen LogP contribution in [-0.4, -0.2) is 31.6 Å². The maximum absolute atomic E-state index is 8.84. The highest BCUT2D eigenvalue weighted by Crippen LogP contribution is 2.34. The number of nitrogens with zero attached hydrogens (tertiary/aromatic N) is 2. The molecule has 0 N–H and O–H groups in total. The van der Waals surface area contributed by atoms with Gasteiger partial charge in [-0.15, -0.1) is 0 Å². The van der Waals surface area contributed by atoms with Crippen molar-refractivity contribution in [2.45, 2.75) is 26.2 Å². The lowest BCUT2D eigenvalue weighted by Gasteiger charge is -2.38. The summed E-state index contributed by atoms with van der Waals surface area (Å²) >= 11 is 0. The number of methoxy groups -OCH3 is 1. The van der Waals surface area contributed by atoms with Crippen LogP contribution in [0.3, 0.4) is 0 Å². The monoisotopic (exact) mass is 260 g/mol. The third kappa shape index (κ3) is 4.92. The van der Waals surface area contributed by atoms with Gasteiger partial charge in [0.2, 0.25) is 0 Å². The average molecular weight is 260 g/mol. The molecule has 1 aliphatic heterocycles. The van der Waals surface area contributed by atoms with Gasteiger partial charge in [0.15, 0.2) is 0 Å². The summed E-state index contributed by atoms with van der Waals surface area (Å²) in [5.74, 6) is 0.747. The molecule has 0 aliphatic carbocycles. The quantitative estimate of drug-likeness (QED) is 0.543. The molecule has 1 heterocycles. The Morgan fingerprint density at radius 2 is 2.11 bits per heavy atom. The third-order valence-electron chi connectivity index (χ3n) is 3.78. The zero-order chi connectivity index (χ0) is 14.3. The summed E-state index contributed by atoms with van der Waals surface area (Å²) in [6, 6.07) is 2.30. The lowest BCUT2D eigenvalue weighted by Crippen LogP contribution is -2.39. The molecule has 1 aliphatic rings. The highest BCUT2D eigenvalue weighted by Gasteiger charge is 2.29. The van der Waals surface area contributed by atoms with E-state index in [9.17, 15) is 0 Å². The second-order valence-electron chi connectivity index (χ2n) is 5.53. The summed E-state index contributed by atoms with van der Waals surface area (Å²) in [5, 5.41) is 8.84. The molecule has 1 fully saturated rings. The molecule has 3 nitrogen and oxygen atoms in total. The molecule has 0 aromatic rings. The van der Waals surface area contributed by atoms with Crippen LogP contribution in [0.1, 0.15) is 26.2 Å². The van der Waals surface area contributed by atoms with Gasteiger partial charge in [-0.1, -0.05) is 20.1 Å². The molecule has 19 heavy (non-hydrogen) atoms. The number of likely N-dealkylation sites (tertiary alicyclic amines) is 1. The zero-order valence-electron chi connectivity index (χ0n) is 12.1. The van der Waals surface area contributed by atoms with Gasteiger partial charge in [-0.25, -0.2) is 0 Å². The van der Waals surface area contributed by atoms with Gasteiger partial charge < -0.3 is 4.74 Å². The number of hydrogen-bond donors (Lipinski definition) is 0. The van der Waals surface area contributed by atoms with Crippen molar-refractivity contribution in [2.24, 2.45) is 5.41 Å². The Labute approximate surface area is 116 Å². The van der Waals surface area contributed by atoms with Crippen LogP contribution in [0, 0.1) is 16.7 Å². The van der Waals surface area contributed by atoms with Gasteiger partial charge in [0.1, 0.15) is 5.76 Å². The fourth-order valence-electron chi connectivity index (χ4n) is 2.35. The summed E-state index contributed by atoms with van der Waals surface area (Å²) < 4.78 is 5.15. The number of ether oxygens (including phenoxy) is 1. The Kier molecular flexibility index (Phi) is 5.85. The maximum atomic E-state index is 8.84. The molecule has 0 atom stereocenters. The minimum Gasteiger partial charge on any atom is -0.497 e. The highest BCUT2D eigenvalue weighted by molar-refractivity contribution is 5.24. The van der Waals surface area contributed by atoms with E-state index in [1.807, 2.05) is 6.08 Å². The molecule has 0 saturated carbocycles. The first-order valence-electron chi connectivity index (χ1n) is 6.68. The van der Waals surface area contributed by atoms with Gasteiger partial charge in [0.25, 0.3) is 0 Å². The summed E-state index contributed by atoms with van der Waals surface area (Å²) in [7, 11) is 1.63. The summed E-state index contributed by atoms with van der Waals surface area (Å²) in [6.07, 6.45) is 6.43. The molecule has 0 bridgehead atoms. The van der Waals surface area contributed by atoms with Crippen LogP contribution in [0.15, 0.2) is 36.6 Å². The molecule has 0 aromatic heterocycles. The fourth-order valence-corrected chi connectivity index (χ4v) is 2.35. The number of nitriles is 1. The lowest BCUT2D eigenvalue weighted by atomic mass is 9.78. The predicted octanol–water partition coefficient (Wildman–Crippen LogP) is 3.27. The maximum Gasteiger partial charge on any atom is 0.118 e. The van der Waals surface area contributed by atoms with Crippen molar-refractivity contribution in [3.63, 3.8) is 0 Å². The molecule has 104 valence electrons. The van der Waals surface area contributed by atoms with Crippen LogP contribution in [-0.2, 0) is 4.74 Å². The van der Waals surface area contributed by atoms with E-state index >= 15 is 0 Å². The number of piperidine rings is 1. The largest absolute Gasteiger partial charge is 0.497 e. The Morgan fingerprint density at radius 3 is 2.58 bits per heavy atom. The van der Waals surface area contributed by atoms with Gasteiger partial charge in [-0.3, -0.25) is 4.90 Å². The van der Waals surface area contributed by atoms with E-state index in [1.54, 1.807) is 13.2 Å². The second-order valence-corrected chi connectivity index (χ2v) is 5.53. The first kappa shape index (κ1) is 15.5. The van der Waals surface area contributed by atoms with Crippen LogP contribution in [0.4, 0.5) is 0 Å². The zero-order valence-corrected chi connectivity index (χ0v) is 12.1. The molecule has 0 radical (unpaired) electrons. The molecule has 1 rings (SSSR count). The van der Waals surface area contributed by atoms with Crippen molar-refractivity contribution in [1.29, 1.82) is 5.26 Å². The molecule has 0 spiro atoms. The Balaban J connectivity index is 2.45. The summed E-state index contributed by atoms with van der Waals surface area (Å²) in [6.45, 7) is 12.9.